The van der Waals surface area contributed by atoms with Crippen LogP contribution >= 0.6 is 0 Å². The summed E-state index contributed by atoms with van der Waals surface area (Å²) in [5, 5.41) is 0. The Hall–Kier alpha value is -0.120. The largest absolute Gasteiger partial charge is 0.330 e. The van der Waals surface area contributed by atoms with E-state index in [9.17, 15) is 0 Å². The molecule has 0 saturated carbocycles. The molecule has 1 saturated heterocycles. The summed E-state index contributed by atoms with van der Waals surface area (Å²) in [5.41, 5.74) is 5.40. The van der Waals surface area contributed by atoms with Crippen LogP contribution in [0.2, 0.25) is 0 Å². The van der Waals surface area contributed by atoms with E-state index in [0.29, 0.717) is 0 Å². The van der Waals surface area contributed by atoms with Crippen LogP contribution in [0.5, 0.6) is 0 Å². The molecule has 1 fully saturated rings. The van der Waals surface area contributed by atoms with Crippen LogP contribution in [0.25, 0.3) is 0 Å². The molecule has 60 valence electrons. The molecule has 10 heavy (non-hydrogen) atoms. The molecule has 0 radical (unpaired) electrons. The van der Waals surface area contributed by atoms with Crippen molar-refractivity contribution in [3.63, 3.8) is 0 Å². The van der Waals surface area contributed by atoms with Gasteiger partial charge in [0, 0.05) is 19.6 Å². The van der Waals surface area contributed by atoms with E-state index >= 15 is 0 Å². The molecule has 1 rings (SSSR count). The second-order valence-electron chi connectivity index (χ2n) is 2.98. The van der Waals surface area contributed by atoms with Crippen LogP contribution < -0.4 is 5.73 Å². The summed E-state index contributed by atoms with van der Waals surface area (Å²) in [7, 11) is 2.16. The molecule has 1 aliphatic rings. The average Bonchev–Trinajstić information content (AvgIpc) is 2.31. The quantitative estimate of drug-likeness (QED) is 0.580. The third kappa shape index (κ3) is 2.25. The number of hydrogen-bond donors (Lipinski definition) is 1. The van der Waals surface area contributed by atoms with Gasteiger partial charge >= 0.3 is 0 Å². The number of rotatable bonds is 3. The van der Waals surface area contributed by atoms with Crippen molar-refractivity contribution < 1.29 is 0 Å². The van der Waals surface area contributed by atoms with Crippen LogP contribution in [0.3, 0.4) is 0 Å². The standard InChI is InChI=1S/C7H17N3/c1-9-5-6-10(7-9)4-2-3-8/h2-8H2,1H3. The van der Waals surface area contributed by atoms with Crippen LogP contribution in [-0.4, -0.2) is 49.7 Å². The first-order valence-electron chi connectivity index (χ1n) is 3.94. The minimum Gasteiger partial charge on any atom is -0.330 e. The molecular weight excluding hydrogens is 126 g/mol. The minimum atomic E-state index is 0.820. The lowest BCUT2D eigenvalue weighted by molar-refractivity contribution is 0.273. The number of likely N-dealkylation sites (N-methyl/N-ethyl adjacent to an activating group) is 1. The fraction of sp³-hybridized carbons (Fsp3) is 1.00. The van der Waals surface area contributed by atoms with E-state index in [-0.39, 0.29) is 0 Å². The van der Waals surface area contributed by atoms with E-state index < -0.39 is 0 Å². The van der Waals surface area contributed by atoms with Crippen molar-refractivity contribution in [2.45, 2.75) is 6.42 Å². The second-order valence-corrected chi connectivity index (χ2v) is 2.98. The zero-order valence-corrected chi connectivity index (χ0v) is 6.71. The highest BCUT2D eigenvalue weighted by Gasteiger charge is 2.14. The highest BCUT2D eigenvalue weighted by Crippen LogP contribution is 2.01. The second kappa shape index (κ2) is 3.91. The summed E-state index contributed by atoms with van der Waals surface area (Å²) >= 11 is 0. The maximum absolute atomic E-state index is 5.40. The summed E-state index contributed by atoms with van der Waals surface area (Å²) in [6.07, 6.45) is 1.13. The Morgan fingerprint density at radius 2 is 2.20 bits per heavy atom. The Morgan fingerprint density at radius 1 is 1.40 bits per heavy atom. The van der Waals surface area contributed by atoms with Gasteiger partial charge in [0.15, 0.2) is 0 Å². The summed E-state index contributed by atoms with van der Waals surface area (Å²) in [6, 6.07) is 0. The van der Waals surface area contributed by atoms with Crippen molar-refractivity contribution >= 4 is 0 Å². The van der Waals surface area contributed by atoms with Crippen molar-refractivity contribution in [1.29, 1.82) is 0 Å². The van der Waals surface area contributed by atoms with Gasteiger partial charge < -0.3 is 5.73 Å². The van der Waals surface area contributed by atoms with Gasteiger partial charge in [0.1, 0.15) is 0 Å². The molecule has 0 aliphatic carbocycles. The van der Waals surface area contributed by atoms with Gasteiger partial charge in [0.25, 0.3) is 0 Å². The topological polar surface area (TPSA) is 32.5 Å². The van der Waals surface area contributed by atoms with Crippen LogP contribution in [0, 0.1) is 0 Å². The molecule has 0 spiro atoms. The monoisotopic (exact) mass is 143 g/mol. The zero-order chi connectivity index (χ0) is 7.40. The number of hydrogen-bond acceptors (Lipinski definition) is 3. The lowest BCUT2D eigenvalue weighted by atomic mass is 10.4. The highest BCUT2D eigenvalue weighted by molar-refractivity contribution is 4.67. The van der Waals surface area contributed by atoms with Crippen molar-refractivity contribution in [2.75, 3.05) is 39.9 Å². The lowest BCUT2D eigenvalue weighted by Crippen LogP contribution is -2.25. The van der Waals surface area contributed by atoms with E-state index in [4.69, 9.17) is 5.73 Å². The predicted octanol–water partition coefficient (Wildman–Crippen LogP) is -0.460. The first-order chi connectivity index (χ1) is 4.83. The van der Waals surface area contributed by atoms with Crippen LogP contribution in [0.4, 0.5) is 0 Å². The van der Waals surface area contributed by atoms with E-state index in [2.05, 4.69) is 16.8 Å². The Labute approximate surface area is 62.8 Å². The molecule has 0 aromatic rings. The third-order valence-electron chi connectivity index (χ3n) is 1.92. The van der Waals surface area contributed by atoms with Crippen molar-refractivity contribution in [2.24, 2.45) is 5.73 Å². The molecule has 0 atom stereocenters. The molecule has 1 aliphatic heterocycles. The molecule has 0 aromatic carbocycles. The van der Waals surface area contributed by atoms with Crippen molar-refractivity contribution in [1.82, 2.24) is 9.80 Å². The summed E-state index contributed by atoms with van der Waals surface area (Å²) in [5.74, 6) is 0. The Morgan fingerprint density at radius 3 is 2.70 bits per heavy atom. The van der Waals surface area contributed by atoms with Gasteiger partial charge in [0.2, 0.25) is 0 Å². The molecule has 0 aromatic heterocycles. The van der Waals surface area contributed by atoms with Gasteiger partial charge in [-0.15, -0.1) is 0 Å². The van der Waals surface area contributed by atoms with Gasteiger partial charge in [-0.1, -0.05) is 0 Å². The summed E-state index contributed by atoms with van der Waals surface area (Å²) in [6.45, 7) is 5.54. The zero-order valence-electron chi connectivity index (χ0n) is 6.71. The Kier molecular flexibility index (Phi) is 3.12. The SMILES string of the molecule is CN1CCN(CCCN)C1. The maximum atomic E-state index is 5.40. The molecule has 0 unspecified atom stereocenters. The normalized spacial score (nSPS) is 22.2. The van der Waals surface area contributed by atoms with Crippen LogP contribution in [0.15, 0.2) is 0 Å². The number of nitrogens with two attached hydrogens (primary N) is 1. The highest BCUT2D eigenvalue weighted by atomic mass is 15.4. The van der Waals surface area contributed by atoms with Gasteiger partial charge in [-0.3, -0.25) is 9.80 Å². The average molecular weight is 143 g/mol. The molecule has 1 heterocycles. The fourth-order valence-electron chi connectivity index (χ4n) is 1.29. The lowest BCUT2D eigenvalue weighted by Gasteiger charge is -2.13. The van der Waals surface area contributed by atoms with E-state index in [0.717, 1.165) is 19.6 Å². The Bertz CT molecular complexity index is 94.9. The molecule has 2 N–H and O–H groups in total. The molecule has 3 nitrogen and oxygen atoms in total. The molecular formula is C7H17N3. The molecule has 0 amide bonds. The van der Waals surface area contributed by atoms with Gasteiger partial charge in [0.05, 0.1) is 6.67 Å². The number of nitrogens with zero attached hydrogens (tertiary/aromatic N) is 2. The minimum absolute atomic E-state index is 0.820. The van der Waals surface area contributed by atoms with E-state index in [1.54, 1.807) is 0 Å². The Balaban J connectivity index is 2.06. The van der Waals surface area contributed by atoms with Gasteiger partial charge in [-0.05, 0) is 20.0 Å². The molecule has 0 bridgehead atoms. The van der Waals surface area contributed by atoms with Gasteiger partial charge in [-0.25, -0.2) is 0 Å². The van der Waals surface area contributed by atoms with Gasteiger partial charge in [-0.2, -0.15) is 0 Å². The van der Waals surface area contributed by atoms with Crippen molar-refractivity contribution in [3.05, 3.63) is 0 Å². The van der Waals surface area contributed by atoms with Crippen molar-refractivity contribution in [3.8, 4) is 0 Å². The molecule has 3 heteroatoms. The maximum Gasteiger partial charge on any atom is 0.0504 e. The fourth-order valence-corrected chi connectivity index (χ4v) is 1.29. The first kappa shape index (κ1) is 7.98. The predicted molar refractivity (Wildman–Crippen MR) is 42.7 cm³/mol. The summed E-state index contributed by atoms with van der Waals surface area (Å²) < 4.78 is 0. The van der Waals surface area contributed by atoms with Crippen LogP contribution in [-0.2, 0) is 0 Å². The third-order valence-corrected chi connectivity index (χ3v) is 1.92. The smallest absolute Gasteiger partial charge is 0.0504 e. The van der Waals surface area contributed by atoms with E-state index in [1.807, 2.05) is 0 Å². The van der Waals surface area contributed by atoms with Crippen LogP contribution in [0.1, 0.15) is 6.42 Å². The summed E-state index contributed by atoms with van der Waals surface area (Å²) in [4.78, 5) is 4.77. The van der Waals surface area contributed by atoms with E-state index in [1.165, 1.54) is 19.6 Å². The first-order valence-corrected chi connectivity index (χ1v) is 3.94.